The standard InChI is InChI=1S/C22H19F6N5O3/c23-21(24,25)13-10-14(29)16-17-31-32-19(36-17)20(35,22(26,27)28)8-4-5-9-33(18(34)15(13)30-16)11-12-6-2-1-3-7-12/h1-3,6-7,10,35H,4-5,8-9,11,29H2. The van der Waals surface area contributed by atoms with Crippen LogP contribution in [0, 0.1) is 0 Å². The van der Waals surface area contributed by atoms with Crippen LogP contribution >= 0.6 is 0 Å². The van der Waals surface area contributed by atoms with Gasteiger partial charge in [-0.1, -0.05) is 30.3 Å². The first-order valence-electron chi connectivity index (χ1n) is 10.7. The lowest BCUT2D eigenvalue weighted by Crippen LogP contribution is -2.43. The van der Waals surface area contributed by atoms with E-state index in [2.05, 4.69) is 15.2 Å². The summed E-state index contributed by atoms with van der Waals surface area (Å²) in [7, 11) is 0. The van der Waals surface area contributed by atoms with Gasteiger partial charge >= 0.3 is 12.4 Å². The number of carbonyl (C=O) groups excluding carboxylic acids is 1. The Morgan fingerprint density at radius 1 is 1.06 bits per heavy atom. The zero-order valence-corrected chi connectivity index (χ0v) is 18.4. The summed E-state index contributed by atoms with van der Waals surface area (Å²) in [6.45, 7) is -0.347. The second-order valence-corrected chi connectivity index (χ2v) is 8.26. The van der Waals surface area contributed by atoms with E-state index in [9.17, 15) is 36.2 Å². The molecule has 4 bridgehead atoms. The highest BCUT2D eigenvalue weighted by molar-refractivity contribution is 5.95. The molecule has 3 N–H and O–H groups in total. The van der Waals surface area contributed by atoms with Crippen LogP contribution in [0.4, 0.5) is 32.0 Å². The zero-order chi connectivity index (χ0) is 26.3. The maximum atomic E-state index is 13.8. The van der Waals surface area contributed by atoms with Crippen molar-refractivity contribution in [3.63, 3.8) is 0 Å². The molecule has 14 heteroatoms. The van der Waals surface area contributed by atoms with Crippen molar-refractivity contribution in [2.24, 2.45) is 0 Å². The molecule has 1 aliphatic rings. The molecule has 1 atom stereocenters. The van der Waals surface area contributed by atoms with E-state index in [1.807, 2.05) is 0 Å². The Balaban J connectivity index is 1.89. The molecule has 0 spiro atoms. The lowest BCUT2D eigenvalue weighted by atomic mass is 9.95. The lowest BCUT2D eigenvalue weighted by Gasteiger charge is -2.27. The van der Waals surface area contributed by atoms with E-state index in [1.54, 1.807) is 30.3 Å². The molecule has 0 aliphatic carbocycles. The summed E-state index contributed by atoms with van der Waals surface area (Å²) in [5.41, 5.74) is -0.966. The molecule has 3 aromatic rings. The van der Waals surface area contributed by atoms with Gasteiger partial charge in [-0.3, -0.25) is 4.79 Å². The monoisotopic (exact) mass is 515 g/mol. The average molecular weight is 515 g/mol. The van der Waals surface area contributed by atoms with E-state index < -0.39 is 64.7 Å². The molecule has 2 aromatic heterocycles. The molecule has 0 radical (unpaired) electrons. The average Bonchev–Trinajstić information content (AvgIpc) is 3.29. The Morgan fingerprint density at radius 2 is 1.75 bits per heavy atom. The molecule has 3 heterocycles. The van der Waals surface area contributed by atoms with Crippen molar-refractivity contribution >= 4 is 11.6 Å². The Labute approximate surface area is 199 Å². The molecule has 0 saturated carbocycles. The third-order valence-corrected chi connectivity index (χ3v) is 5.73. The van der Waals surface area contributed by atoms with Crippen LogP contribution in [0.3, 0.4) is 0 Å². The van der Waals surface area contributed by atoms with E-state index in [0.717, 1.165) is 4.90 Å². The Morgan fingerprint density at radius 3 is 2.39 bits per heavy atom. The molecule has 1 unspecified atom stereocenters. The van der Waals surface area contributed by atoms with Crippen molar-refractivity contribution in [3.8, 4) is 11.6 Å². The lowest BCUT2D eigenvalue weighted by molar-refractivity contribution is -0.277. The number of halogens is 6. The predicted molar refractivity (Wildman–Crippen MR) is 112 cm³/mol. The second kappa shape index (κ2) is 9.08. The molecular weight excluding hydrogens is 496 g/mol. The van der Waals surface area contributed by atoms with Gasteiger partial charge in [-0.05, 0) is 30.9 Å². The molecule has 0 fully saturated rings. The van der Waals surface area contributed by atoms with Crippen LogP contribution in [0.5, 0.6) is 0 Å². The summed E-state index contributed by atoms with van der Waals surface area (Å²) in [4.78, 5) is 18.2. The third-order valence-electron chi connectivity index (χ3n) is 5.73. The minimum Gasteiger partial charge on any atom is -0.416 e. The van der Waals surface area contributed by atoms with E-state index in [1.165, 1.54) is 0 Å². The van der Waals surface area contributed by atoms with Gasteiger partial charge in [0.15, 0.2) is 5.69 Å². The van der Waals surface area contributed by atoms with Crippen molar-refractivity contribution in [3.05, 3.63) is 59.1 Å². The van der Waals surface area contributed by atoms with E-state index in [-0.39, 0.29) is 25.9 Å². The molecule has 0 saturated heterocycles. The van der Waals surface area contributed by atoms with E-state index >= 15 is 0 Å². The molecule has 36 heavy (non-hydrogen) atoms. The first-order valence-corrected chi connectivity index (χ1v) is 10.7. The molecule has 1 aliphatic heterocycles. The van der Waals surface area contributed by atoms with Gasteiger partial charge in [-0.2, -0.15) is 26.3 Å². The van der Waals surface area contributed by atoms with Crippen molar-refractivity contribution in [2.75, 3.05) is 12.3 Å². The summed E-state index contributed by atoms with van der Waals surface area (Å²) >= 11 is 0. The van der Waals surface area contributed by atoms with Crippen LogP contribution in [0.25, 0.3) is 11.6 Å². The number of nitrogens with zero attached hydrogens (tertiary/aromatic N) is 4. The Hall–Kier alpha value is -3.68. The number of hydrogen-bond donors (Lipinski definition) is 2. The van der Waals surface area contributed by atoms with Gasteiger partial charge in [0.2, 0.25) is 5.60 Å². The highest BCUT2D eigenvalue weighted by Gasteiger charge is 2.58. The van der Waals surface area contributed by atoms with Gasteiger partial charge in [0.1, 0.15) is 5.69 Å². The number of amides is 1. The van der Waals surface area contributed by atoms with Crippen LogP contribution < -0.4 is 5.73 Å². The molecule has 192 valence electrons. The SMILES string of the molecule is Nc1cc(C(F)(F)F)c2nc1-c1nnc(o1)C(O)(C(F)(F)F)CCCCN(Cc1ccccc1)C2=O. The van der Waals surface area contributed by atoms with Crippen molar-refractivity contribution < 1.29 is 40.7 Å². The molecular formula is C22H19F6N5O3. The van der Waals surface area contributed by atoms with Gasteiger partial charge in [0.05, 0.1) is 11.3 Å². The van der Waals surface area contributed by atoms with Crippen LogP contribution in [0.15, 0.2) is 40.8 Å². The summed E-state index contributed by atoms with van der Waals surface area (Å²) in [6.07, 6.45) is -11.5. The van der Waals surface area contributed by atoms with Gasteiger partial charge in [0, 0.05) is 13.1 Å². The fourth-order valence-corrected chi connectivity index (χ4v) is 3.82. The van der Waals surface area contributed by atoms with Gasteiger partial charge < -0.3 is 20.2 Å². The molecule has 1 amide bonds. The largest absolute Gasteiger partial charge is 0.426 e. The minimum atomic E-state index is -5.21. The van der Waals surface area contributed by atoms with Gasteiger partial charge in [-0.15, -0.1) is 10.2 Å². The summed E-state index contributed by atoms with van der Waals surface area (Å²) in [5.74, 6) is -3.10. The number of aromatic nitrogens is 3. The summed E-state index contributed by atoms with van der Waals surface area (Å²) in [5, 5.41) is 17.1. The number of pyridine rings is 1. The first-order chi connectivity index (χ1) is 16.8. The zero-order valence-electron chi connectivity index (χ0n) is 18.4. The van der Waals surface area contributed by atoms with Crippen molar-refractivity contribution in [1.29, 1.82) is 0 Å². The van der Waals surface area contributed by atoms with Crippen LogP contribution in [0.2, 0.25) is 0 Å². The number of benzene rings is 1. The number of fused-ring (bicyclic) bond motifs is 5. The number of aliphatic hydroxyl groups is 1. The van der Waals surface area contributed by atoms with Gasteiger partial charge in [0.25, 0.3) is 17.7 Å². The molecule has 1 aromatic carbocycles. The van der Waals surface area contributed by atoms with Gasteiger partial charge in [-0.25, -0.2) is 4.98 Å². The summed E-state index contributed by atoms with van der Waals surface area (Å²) in [6, 6.07) is 8.76. The smallest absolute Gasteiger partial charge is 0.416 e. The van der Waals surface area contributed by atoms with E-state index in [4.69, 9.17) is 10.2 Å². The maximum absolute atomic E-state index is 13.8. The summed E-state index contributed by atoms with van der Waals surface area (Å²) < 4.78 is 87.9. The molecule has 4 rings (SSSR count). The Bertz CT molecular complexity index is 1260. The fourth-order valence-electron chi connectivity index (χ4n) is 3.82. The normalized spacial score (nSPS) is 19.4. The fraction of sp³-hybridized carbons (Fsp3) is 0.364. The van der Waals surface area contributed by atoms with Crippen LogP contribution in [0.1, 0.15) is 46.8 Å². The predicted octanol–water partition coefficient (Wildman–Crippen LogP) is 4.31. The highest BCUT2D eigenvalue weighted by Crippen LogP contribution is 2.43. The number of nitrogens with two attached hydrogens (primary N) is 1. The van der Waals surface area contributed by atoms with Crippen LogP contribution in [-0.4, -0.2) is 43.8 Å². The maximum Gasteiger partial charge on any atom is 0.426 e. The molecule has 8 nitrogen and oxygen atoms in total. The first kappa shape index (κ1) is 25.4. The number of anilines is 1. The third kappa shape index (κ3) is 4.72. The van der Waals surface area contributed by atoms with Crippen molar-refractivity contribution in [1.82, 2.24) is 20.1 Å². The number of hydrogen-bond acceptors (Lipinski definition) is 7. The number of rotatable bonds is 2. The van der Waals surface area contributed by atoms with Crippen LogP contribution in [-0.2, 0) is 18.3 Å². The number of nitrogen functional groups attached to an aromatic ring is 1. The highest BCUT2D eigenvalue weighted by atomic mass is 19.4. The van der Waals surface area contributed by atoms with E-state index in [0.29, 0.717) is 11.6 Å². The quantitative estimate of drug-likeness (QED) is 0.489. The minimum absolute atomic E-state index is 0.0822. The topological polar surface area (TPSA) is 118 Å². The number of carbonyl (C=O) groups is 1. The number of alkyl halides is 6. The van der Waals surface area contributed by atoms with Crippen molar-refractivity contribution in [2.45, 2.75) is 43.8 Å². The Kier molecular flexibility index (Phi) is 6.41. The second-order valence-electron chi connectivity index (χ2n) is 8.26.